The second-order valence-electron chi connectivity index (χ2n) is 10.8. The molecule has 4 atom stereocenters. The van der Waals surface area contributed by atoms with Crippen molar-refractivity contribution in [1.82, 2.24) is 4.90 Å². The number of ether oxygens (including phenoxy) is 2. The normalized spacial score (nSPS) is 28.8. The number of nitrogens with zero attached hydrogens (tertiary/aromatic N) is 3. The van der Waals surface area contributed by atoms with Gasteiger partial charge in [-0.1, -0.05) is 29.3 Å². The summed E-state index contributed by atoms with van der Waals surface area (Å²) in [4.78, 5) is 9.75. The molecule has 0 saturated carbocycles. The van der Waals surface area contributed by atoms with Gasteiger partial charge in [0.1, 0.15) is 11.9 Å². The van der Waals surface area contributed by atoms with E-state index in [1.807, 2.05) is 24.3 Å². The van der Waals surface area contributed by atoms with Gasteiger partial charge in [-0.25, -0.2) is 0 Å². The molecule has 198 valence electrons. The lowest BCUT2D eigenvalue weighted by Crippen LogP contribution is -2.55. The Labute approximate surface area is 229 Å². The van der Waals surface area contributed by atoms with Crippen LogP contribution in [0.1, 0.15) is 31.2 Å². The molecule has 37 heavy (non-hydrogen) atoms. The molecule has 3 fully saturated rings. The fourth-order valence-electron chi connectivity index (χ4n) is 6.62. The Balaban J connectivity index is 1.22. The van der Waals surface area contributed by atoms with Gasteiger partial charge < -0.3 is 19.5 Å². The first-order chi connectivity index (χ1) is 18.0. The van der Waals surface area contributed by atoms with Gasteiger partial charge in [0.05, 0.1) is 24.3 Å². The first kappa shape index (κ1) is 25.3. The molecule has 0 radical (unpaired) electrons. The van der Waals surface area contributed by atoms with Crippen LogP contribution < -0.4 is 14.7 Å². The molecule has 4 aliphatic rings. The third-order valence-corrected chi connectivity index (χ3v) is 9.01. The molecule has 6 rings (SSSR count). The molecule has 0 spiro atoms. The van der Waals surface area contributed by atoms with Gasteiger partial charge in [0, 0.05) is 54.5 Å². The van der Waals surface area contributed by atoms with E-state index < -0.39 is 0 Å². The highest BCUT2D eigenvalue weighted by Crippen LogP contribution is 2.40. The SMILES string of the molecule is [O-]C1=NC(Cc2ccc(OC3CCOCC3)c(Cl)c2)C(N2CCCC2)C2CN(c3ccc(Cl)cc3)CC12. The predicted octanol–water partition coefficient (Wildman–Crippen LogP) is 4.45. The lowest BCUT2D eigenvalue weighted by atomic mass is 9.79. The maximum Gasteiger partial charge on any atom is 0.138 e. The van der Waals surface area contributed by atoms with E-state index >= 15 is 0 Å². The Morgan fingerprint density at radius 3 is 2.49 bits per heavy atom. The van der Waals surface area contributed by atoms with E-state index in [1.54, 1.807) is 0 Å². The second kappa shape index (κ2) is 11.0. The lowest BCUT2D eigenvalue weighted by molar-refractivity contribution is -0.228. The van der Waals surface area contributed by atoms with Crippen LogP contribution in [0.3, 0.4) is 0 Å². The van der Waals surface area contributed by atoms with Crippen LogP contribution in [-0.4, -0.2) is 68.4 Å². The van der Waals surface area contributed by atoms with Gasteiger partial charge in [0.25, 0.3) is 0 Å². The number of fused-ring (bicyclic) bond motifs is 1. The molecule has 4 unspecified atom stereocenters. The van der Waals surface area contributed by atoms with Crippen LogP contribution in [0.4, 0.5) is 5.69 Å². The third-order valence-electron chi connectivity index (χ3n) is 8.47. The quantitative estimate of drug-likeness (QED) is 0.539. The van der Waals surface area contributed by atoms with E-state index in [4.69, 9.17) is 37.7 Å². The van der Waals surface area contributed by atoms with Crippen molar-refractivity contribution in [2.45, 2.75) is 50.3 Å². The summed E-state index contributed by atoms with van der Waals surface area (Å²) in [5.41, 5.74) is 2.22. The molecular formula is C29H34Cl2N3O3-. The van der Waals surface area contributed by atoms with Gasteiger partial charge in [-0.3, -0.25) is 9.89 Å². The summed E-state index contributed by atoms with van der Waals surface area (Å²) >= 11 is 12.8. The summed E-state index contributed by atoms with van der Waals surface area (Å²) in [6, 6.07) is 14.2. The highest BCUT2D eigenvalue weighted by Gasteiger charge is 2.47. The molecule has 2 aromatic rings. The number of aliphatic imine (C=N–C) groups is 1. The Morgan fingerprint density at radius 2 is 1.76 bits per heavy atom. The molecule has 0 bridgehead atoms. The third kappa shape index (κ3) is 5.44. The minimum absolute atomic E-state index is 0.0486. The maximum atomic E-state index is 13.3. The number of benzene rings is 2. The van der Waals surface area contributed by atoms with E-state index in [0.717, 1.165) is 74.3 Å². The van der Waals surface area contributed by atoms with Crippen molar-refractivity contribution in [1.29, 1.82) is 0 Å². The maximum absolute atomic E-state index is 13.3. The van der Waals surface area contributed by atoms with Crippen LogP contribution in [-0.2, 0) is 11.2 Å². The minimum atomic E-state index is -0.0738. The number of rotatable bonds is 6. The molecule has 0 N–H and O–H groups in total. The van der Waals surface area contributed by atoms with Crippen LogP contribution in [0.25, 0.3) is 0 Å². The van der Waals surface area contributed by atoms with Gasteiger partial charge in [-0.2, -0.15) is 0 Å². The zero-order valence-corrected chi connectivity index (χ0v) is 22.5. The Morgan fingerprint density at radius 1 is 1.00 bits per heavy atom. The Hall–Kier alpha value is -1.99. The first-order valence-corrected chi connectivity index (χ1v) is 14.3. The summed E-state index contributed by atoms with van der Waals surface area (Å²) in [5, 5.41) is 14.7. The zero-order chi connectivity index (χ0) is 25.4. The van der Waals surface area contributed by atoms with Gasteiger partial charge in [0.2, 0.25) is 0 Å². The number of hydrogen-bond acceptors (Lipinski definition) is 6. The molecule has 0 amide bonds. The predicted molar refractivity (Wildman–Crippen MR) is 146 cm³/mol. The second-order valence-corrected chi connectivity index (χ2v) is 11.7. The summed E-state index contributed by atoms with van der Waals surface area (Å²) in [5.74, 6) is 0.971. The molecule has 6 nitrogen and oxygen atoms in total. The van der Waals surface area contributed by atoms with Gasteiger partial charge >= 0.3 is 0 Å². The fraction of sp³-hybridized carbons (Fsp3) is 0.552. The average molecular weight is 544 g/mol. The van der Waals surface area contributed by atoms with Crippen molar-refractivity contribution in [3.8, 4) is 5.75 Å². The van der Waals surface area contributed by atoms with E-state index in [-0.39, 0.29) is 35.9 Å². The number of likely N-dealkylation sites (tertiary alicyclic amines) is 1. The van der Waals surface area contributed by atoms with E-state index in [0.29, 0.717) is 11.4 Å². The van der Waals surface area contributed by atoms with Gasteiger partial charge in [-0.05, 0) is 80.2 Å². The Kier molecular flexibility index (Phi) is 7.53. The molecule has 0 aromatic heterocycles. The average Bonchev–Trinajstić information content (AvgIpc) is 3.58. The fourth-order valence-corrected chi connectivity index (χ4v) is 7.00. The van der Waals surface area contributed by atoms with Crippen molar-refractivity contribution < 1.29 is 14.6 Å². The van der Waals surface area contributed by atoms with Crippen molar-refractivity contribution in [2.24, 2.45) is 16.8 Å². The van der Waals surface area contributed by atoms with Gasteiger partial charge in [0.15, 0.2) is 0 Å². The standard InChI is InChI=1S/C29H35Cl2N3O3/c30-20-4-6-21(7-5-20)34-17-23-24(18-34)29(35)32-26(28(23)33-11-1-2-12-33)16-19-3-8-27(25(31)15-19)37-22-9-13-36-14-10-22/h3-8,15,22-24,26,28H,1-2,9-14,16-18H2,(H,32,35)/p-1. The monoisotopic (exact) mass is 542 g/mol. The van der Waals surface area contributed by atoms with Crippen molar-refractivity contribution in [3.05, 3.63) is 58.1 Å². The minimum Gasteiger partial charge on any atom is -0.862 e. The smallest absolute Gasteiger partial charge is 0.138 e. The highest BCUT2D eigenvalue weighted by atomic mass is 35.5. The summed E-state index contributed by atoms with van der Waals surface area (Å²) in [6.45, 7) is 5.20. The van der Waals surface area contributed by atoms with Crippen LogP contribution in [0.5, 0.6) is 5.75 Å². The largest absolute Gasteiger partial charge is 0.862 e. The van der Waals surface area contributed by atoms with Crippen molar-refractivity contribution in [3.63, 3.8) is 0 Å². The first-order valence-electron chi connectivity index (χ1n) is 13.6. The molecule has 3 saturated heterocycles. The molecule has 4 heterocycles. The van der Waals surface area contributed by atoms with E-state index in [1.165, 1.54) is 12.8 Å². The zero-order valence-electron chi connectivity index (χ0n) is 21.0. The lowest BCUT2D eigenvalue weighted by Gasteiger charge is -2.44. The van der Waals surface area contributed by atoms with Crippen LogP contribution in [0.15, 0.2) is 47.5 Å². The molecule has 2 aromatic carbocycles. The van der Waals surface area contributed by atoms with Crippen molar-refractivity contribution in [2.75, 3.05) is 44.3 Å². The molecule has 0 aliphatic carbocycles. The molecular weight excluding hydrogens is 509 g/mol. The number of hydrogen-bond donors (Lipinski definition) is 0. The number of halogens is 2. The summed E-state index contributed by atoms with van der Waals surface area (Å²) in [6.07, 6.45) is 5.03. The van der Waals surface area contributed by atoms with E-state index in [2.05, 4.69) is 28.0 Å². The Bertz CT molecular complexity index is 1120. The topological polar surface area (TPSA) is 60.4 Å². The van der Waals surface area contributed by atoms with Crippen LogP contribution in [0, 0.1) is 11.8 Å². The summed E-state index contributed by atoms with van der Waals surface area (Å²) < 4.78 is 11.6. The summed E-state index contributed by atoms with van der Waals surface area (Å²) in [7, 11) is 0. The van der Waals surface area contributed by atoms with Crippen LogP contribution >= 0.6 is 23.2 Å². The van der Waals surface area contributed by atoms with E-state index in [9.17, 15) is 5.11 Å². The molecule has 4 aliphatic heterocycles. The number of anilines is 1. The van der Waals surface area contributed by atoms with Gasteiger partial charge in [-0.15, -0.1) is 0 Å². The molecule has 8 heteroatoms. The van der Waals surface area contributed by atoms with Crippen molar-refractivity contribution >= 4 is 34.8 Å². The van der Waals surface area contributed by atoms with Crippen LogP contribution in [0.2, 0.25) is 10.0 Å². The highest BCUT2D eigenvalue weighted by molar-refractivity contribution is 6.32.